The zero-order chi connectivity index (χ0) is 28.4. The van der Waals surface area contributed by atoms with E-state index in [-0.39, 0.29) is 6.54 Å². The molecule has 4 aromatic carbocycles. The van der Waals surface area contributed by atoms with Crippen LogP contribution in [-0.4, -0.2) is 44.0 Å². The summed E-state index contributed by atoms with van der Waals surface area (Å²) in [6.07, 6.45) is 0. The van der Waals surface area contributed by atoms with Gasteiger partial charge >= 0.3 is 0 Å². The lowest BCUT2D eigenvalue weighted by Gasteiger charge is -2.27. The van der Waals surface area contributed by atoms with Gasteiger partial charge in [-0.2, -0.15) is 0 Å². The third-order valence-electron chi connectivity index (χ3n) is 7.11. The zero-order valence-corrected chi connectivity index (χ0v) is 23.9. The van der Waals surface area contributed by atoms with Crippen LogP contribution >= 0.6 is 15.9 Å². The van der Waals surface area contributed by atoms with Crippen molar-refractivity contribution in [3.63, 3.8) is 0 Å². The second kappa shape index (κ2) is 11.5. The first-order chi connectivity index (χ1) is 19.3. The summed E-state index contributed by atoms with van der Waals surface area (Å²) < 4.78 is 6.65. The third kappa shape index (κ3) is 5.05. The topological polar surface area (TPSA) is 91.0 Å². The first-order valence-corrected chi connectivity index (χ1v) is 13.7. The molecule has 9 heteroatoms. The number of fused-ring (bicyclic) bond motifs is 2. The number of likely N-dealkylation sites (N-methyl/N-ethyl adjacent to an activating group) is 1. The SMILES string of the molecule is CNC(C)C(=O)NC1C(=O)N(Cc2c(OC)ccc3cc(Br)ccc23)c2ccccc2N(c2ccccc2)C1=O. The van der Waals surface area contributed by atoms with Gasteiger partial charge in [0.05, 0.1) is 31.1 Å². The number of benzene rings is 4. The lowest BCUT2D eigenvalue weighted by molar-refractivity contribution is -0.134. The summed E-state index contributed by atoms with van der Waals surface area (Å²) >= 11 is 3.53. The molecule has 1 aliphatic heterocycles. The number of rotatable bonds is 7. The van der Waals surface area contributed by atoms with E-state index < -0.39 is 29.8 Å². The van der Waals surface area contributed by atoms with Crippen LogP contribution in [0.15, 0.2) is 89.4 Å². The molecule has 2 unspecified atom stereocenters. The van der Waals surface area contributed by atoms with E-state index in [4.69, 9.17) is 4.74 Å². The molecular formula is C31H29BrN4O4. The molecule has 0 aromatic heterocycles. The summed E-state index contributed by atoms with van der Waals surface area (Å²) in [6.45, 7) is 1.78. The third-order valence-corrected chi connectivity index (χ3v) is 7.60. The van der Waals surface area contributed by atoms with Crippen LogP contribution < -0.4 is 25.2 Å². The van der Waals surface area contributed by atoms with Crippen LogP contribution in [0.3, 0.4) is 0 Å². The Morgan fingerprint density at radius 1 is 0.950 bits per heavy atom. The molecule has 204 valence electrons. The number of nitrogens with zero attached hydrogens (tertiary/aromatic N) is 2. The Balaban J connectivity index is 1.70. The lowest BCUT2D eigenvalue weighted by Crippen LogP contribution is -2.57. The van der Waals surface area contributed by atoms with Crippen molar-refractivity contribution in [1.82, 2.24) is 10.6 Å². The second-order valence-corrected chi connectivity index (χ2v) is 10.4. The fourth-order valence-corrected chi connectivity index (χ4v) is 5.27. The highest BCUT2D eigenvalue weighted by Crippen LogP contribution is 2.40. The van der Waals surface area contributed by atoms with Crippen molar-refractivity contribution in [1.29, 1.82) is 0 Å². The van der Waals surface area contributed by atoms with E-state index >= 15 is 0 Å². The molecule has 0 saturated heterocycles. The van der Waals surface area contributed by atoms with Crippen LogP contribution in [0.5, 0.6) is 5.75 Å². The molecule has 0 saturated carbocycles. The predicted octanol–water partition coefficient (Wildman–Crippen LogP) is 4.92. The van der Waals surface area contributed by atoms with E-state index in [2.05, 4.69) is 26.6 Å². The van der Waals surface area contributed by atoms with E-state index in [1.54, 1.807) is 44.2 Å². The Labute approximate surface area is 241 Å². The molecule has 2 N–H and O–H groups in total. The standard InChI is InChI=1S/C31H29BrN4O4/c1-19(33-2)29(37)34-28-30(38)35(18-24-23-15-14-21(32)17-20(23)13-16-27(24)40-3)25-11-7-8-12-26(25)36(31(28)39)22-9-5-4-6-10-22/h4-17,19,28,33H,18H2,1-3H3,(H,34,37). The van der Waals surface area contributed by atoms with Crippen LogP contribution in [0, 0.1) is 0 Å². The number of halogens is 1. The summed E-state index contributed by atoms with van der Waals surface area (Å²) in [6, 6.07) is 24.0. The summed E-state index contributed by atoms with van der Waals surface area (Å²) in [5.74, 6) is -0.930. The van der Waals surface area contributed by atoms with Crippen LogP contribution in [0.4, 0.5) is 17.1 Å². The summed E-state index contributed by atoms with van der Waals surface area (Å²) in [7, 11) is 3.23. The predicted molar refractivity (Wildman–Crippen MR) is 160 cm³/mol. The van der Waals surface area contributed by atoms with Gasteiger partial charge in [-0.25, -0.2) is 0 Å². The molecule has 0 radical (unpaired) electrons. The van der Waals surface area contributed by atoms with Gasteiger partial charge in [0.2, 0.25) is 5.91 Å². The fourth-order valence-electron chi connectivity index (χ4n) is 4.90. The molecule has 8 nitrogen and oxygen atoms in total. The Kier molecular flexibility index (Phi) is 7.86. The number of ether oxygens (including phenoxy) is 1. The number of carbonyl (C=O) groups excluding carboxylic acids is 3. The van der Waals surface area contributed by atoms with Crippen LogP contribution in [0.25, 0.3) is 10.8 Å². The number of methoxy groups -OCH3 is 1. The maximum atomic E-state index is 14.3. The van der Waals surface area contributed by atoms with Crippen molar-refractivity contribution in [3.8, 4) is 5.75 Å². The average molecular weight is 602 g/mol. The minimum Gasteiger partial charge on any atom is -0.496 e. The average Bonchev–Trinajstić information content (AvgIpc) is 3.05. The Morgan fingerprint density at radius 2 is 1.65 bits per heavy atom. The second-order valence-electron chi connectivity index (χ2n) is 9.49. The summed E-state index contributed by atoms with van der Waals surface area (Å²) in [5.41, 5.74) is 2.44. The van der Waals surface area contributed by atoms with Gasteiger partial charge < -0.3 is 20.3 Å². The summed E-state index contributed by atoms with van der Waals surface area (Å²) in [4.78, 5) is 44.5. The van der Waals surface area contributed by atoms with E-state index in [0.29, 0.717) is 22.8 Å². The van der Waals surface area contributed by atoms with Crippen molar-refractivity contribution in [2.24, 2.45) is 0 Å². The molecule has 40 heavy (non-hydrogen) atoms. The first-order valence-electron chi connectivity index (χ1n) is 12.9. The Bertz CT molecular complexity index is 1590. The highest BCUT2D eigenvalue weighted by molar-refractivity contribution is 9.10. The minimum absolute atomic E-state index is 0.113. The number of para-hydroxylation sites is 3. The lowest BCUT2D eigenvalue weighted by atomic mass is 10.0. The number of carbonyl (C=O) groups is 3. The van der Waals surface area contributed by atoms with Crippen molar-refractivity contribution in [3.05, 3.63) is 95.0 Å². The number of hydrogen-bond acceptors (Lipinski definition) is 5. The molecule has 2 atom stereocenters. The van der Waals surface area contributed by atoms with Crippen molar-refractivity contribution in [2.75, 3.05) is 24.0 Å². The molecule has 0 fully saturated rings. The Hall–Kier alpha value is -4.21. The molecule has 1 aliphatic rings. The zero-order valence-electron chi connectivity index (χ0n) is 22.4. The maximum Gasteiger partial charge on any atom is 0.264 e. The van der Waals surface area contributed by atoms with E-state index in [9.17, 15) is 14.4 Å². The molecule has 0 bridgehead atoms. The van der Waals surface area contributed by atoms with Crippen LogP contribution in [-0.2, 0) is 20.9 Å². The van der Waals surface area contributed by atoms with Gasteiger partial charge in [0, 0.05) is 15.7 Å². The first kappa shape index (κ1) is 27.4. The van der Waals surface area contributed by atoms with Gasteiger partial charge in [-0.05, 0) is 67.2 Å². The normalized spacial score (nSPS) is 15.9. The van der Waals surface area contributed by atoms with E-state index in [0.717, 1.165) is 20.8 Å². The van der Waals surface area contributed by atoms with Gasteiger partial charge in [0.15, 0.2) is 6.04 Å². The molecule has 4 aromatic rings. The Morgan fingerprint density at radius 3 is 2.35 bits per heavy atom. The fraction of sp³-hybridized carbons (Fsp3) is 0.194. The number of hydrogen-bond donors (Lipinski definition) is 2. The van der Waals surface area contributed by atoms with Gasteiger partial charge in [0.25, 0.3) is 11.8 Å². The molecule has 0 aliphatic carbocycles. The quantitative estimate of drug-likeness (QED) is 0.294. The smallest absolute Gasteiger partial charge is 0.264 e. The van der Waals surface area contributed by atoms with Gasteiger partial charge in [-0.15, -0.1) is 0 Å². The van der Waals surface area contributed by atoms with Crippen LogP contribution in [0.1, 0.15) is 12.5 Å². The monoisotopic (exact) mass is 600 g/mol. The van der Waals surface area contributed by atoms with E-state index in [1.165, 1.54) is 4.90 Å². The number of amides is 3. The highest BCUT2D eigenvalue weighted by atomic mass is 79.9. The van der Waals surface area contributed by atoms with Gasteiger partial charge in [-0.1, -0.05) is 58.4 Å². The van der Waals surface area contributed by atoms with Crippen molar-refractivity contribution in [2.45, 2.75) is 25.6 Å². The van der Waals surface area contributed by atoms with Crippen LogP contribution in [0.2, 0.25) is 0 Å². The van der Waals surface area contributed by atoms with Gasteiger partial charge in [0.1, 0.15) is 5.75 Å². The highest BCUT2D eigenvalue weighted by Gasteiger charge is 2.42. The van der Waals surface area contributed by atoms with Crippen molar-refractivity contribution < 1.29 is 19.1 Å². The molecule has 3 amide bonds. The van der Waals surface area contributed by atoms with Crippen molar-refractivity contribution >= 4 is 61.5 Å². The van der Waals surface area contributed by atoms with E-state index in [1.807, 2.05) is 66.7 Å². The molecule has 0 spiro atoms. The molecular weight excluding hydrogens is 572 g/mol. The summed E-state index contributed by atoms with van der Waals surface area (Å²) in [5, 5.41) is 7.46. The number of nitrogens with one attached hydrogen (secondary N) is 2. The molecule has 1 heterocycles. The number of anilines is 3. The maximum absolute atomic E-state index is 14.3. The van der Waals surface area contributed by atoms with Gasteiger partial charge in [-0.3, -0.25) is 19.3 Å². The molecule has 5 rings (SSSR count). The minimum atomic E-state index is -1.45. The largest absolute Gasteiger partial charge is 0.496 e.